The number of rotatable bonds is 3. The van der Waals surface area contributed by atoms with Crippen molar-refractivity contribution in [3.05, 3.63) is 81.3 Å². The number of nitriles is 1. The average Bonchev–Trinajstić information content (AvgIpc) is 3.26. The minimum atomic E-state index is -0.716. The lowest BCUT2D eigenvalue weighted by atomic mass is 9.73. The fourth-order valence-electron chi connectivity index (χ4n) is 3.91. The van der Waals surface area contributed by atoms with Crippen LogP contribution in [0, 0.1) is 16.7 Å². The zero-order chi connectivity index (χ0) is 19.0. The van der Waals surface area contributed by atoms with Gasteiger partial charge in [-0.15, -0.1) is 11.3 Å². The van der Waals surface area contributed by atoms with E-state index in [1.807, 2.05) is 48.7 Å². The Bertz CT molecular complexity index is 1060. The molecular formula is C21H16ClN3OS. The molecule has 1 heterocycles. The molecule has 0 spiro atoms. The monoisotopic (exact) mass is 393 g/mol. The highest BCUT2D eigenvalue weighted by molar-refractivity contribution is 7.13. The number of nitrogens with one attached hydrogen (secondary N) is 1. The minimum Gasteiger partial charge on any atom is -0.301 e. The largest absolute Gasteiger partial charge is 0.301 e. The van der Waals surface area contributed by atoms with Crippen molar-refractivity contribution in [1.29, 1.82) is 5.26 Å². The Labute approximate surface area is 166 Å². The molecule has 1 aliphatic carbocycles. The summed E-state index contributed by atoms with van der Waals surface area (Å²) in [7, 11) is 0. The highest BCUT2D eigenvalue weighted by Crippen LogP contribution is 2.51. The SMILES string of the molecule is C[C@]1(C(=O)Nc2nccs2)Cc2ccc(C#N)cc2[C@H]1c1cccc(Cl)c1. The van der Waals surface area contributed by atoms with Gasteiger partial charge in [-0.1, -0.05) is 29.8 Å². The maximum atomic E-state index is 13.3. The number of carbonyl (C=O) groups excluding carboxylic acids is 1. The highest BCUT2D eigenvalue weighted by Gasteiger charge is 2.49. The third-order valence-corrected chi connectivity index (χ3v) is 6.06. The molecule has 1 N–H and O–H groups in total. The number of halogens is 1. The molecule has 0 saturated carbocycles. The van der Waals surface area contributed by atoms with E-state index < -0.39 is 5.41 Å². The molecule has 0 saturated heterocycles. The van der Waals surface area contributed by atoms with E-state index >= 15 is 0 Å². The molecule has 1 aromatic heterocycles. The molecule has 0 fully saturated rings. The van der Waals surface area contributed by atoms with Gasteiger partial charge in [0.05, 0.1) is 17.0 Å². The summed E-state index contributed by atoms with van der Waals surface area (Å²) in [5.41, 5.74) is 2.93. The first-order valence-electron chi connectivity index (χ1n) is 8.50. The molecule has 0 unspecified atom stereocenters. The predicted molar refractivity (Wildman–Crippen MR) is 107 cm³/mol. The van der Waals surface area contributed by atoms with E-state index in [2.05, 4.69) is 16.4 Å². The van der Waals surface area contributed by atoms with Crippen molar-refractivity contribution in [3.8, 4) is 6.07 Å². The summed E-state index contributed by atoms with van der Waals surface area (Å²) in [6.45, 7) is 1.97. The fraction of sp³-hybridized carbons (Fsp3) is 0.190. The van der Waals surface area contributed by atoms with Crippen LogP contribution in [-0.4, -0.2) is 10.9 Å². The van der Waals surface area contributed by atoms with Crippen LogP contribution in [-0.2, 0) is 11.2 Å². The number of aromatic nitrogens is 1. The van der Waals surface area contributed by atoms with Crippen LogP contribution in [0.3, 0.4) is 0 Å². The van der Waals surface area contributed by atoms with Crippen LogP contribution in [0.15, 0.2) is 54.0 Å². The Balaban J connectivity index is 1.83. The molecule has 1 aliphatic rings. The van der Waals surface area contributed by atoms with Gasteiger partial charge in [-0.05, 0) is 54.3 Å². The van der Waals surface area contributed by atoms with E-state index in [4.69, 9.17) is 11.6 Å². The normalized spacial score (nSPS) is 20.7. The first kappa shape index (κ1) is 17.7. The molecule has 2 atom stereocenters. The second-order valence-electron chi connectivity index (χ2n) is 6.90. The van der Waals surface area contributed by atoms with Crippen LogP contribution < -0.4 is 5.32 Å². The lowest BCUT2D eigenvalue weighted by Gasteiger charge is -2.31. The number of benzene rings is 2. The van der Waals surface area contributed by atoms with Gasteiger partial charge in [0.25, 0.3) is 0 Å². The number of hydrogen-bond donors (Lipinski definition) is 1. The number of thiazole rings is 1. The summed E-state index contributed by atoms with van der Waals surface area (Å²) in [5.74, 6) is -0.281. The standard InChI is InChI=1S/C21H16ClN3OS/c1-21(19(26)25-20-24-7-8-27-20)11-15-6-5-13(12-23)9-17(15)18(21)14-3-2-4-16(22)10-14/h2-10,18H,11H2,1H3,(H,24,25,26)/t18-,21+/m1/s1. The number of amides is 1. The average molecular weight is 394 g/mol. The van der Waals surface area contributed by atoms with Crippen LogP contribution in [0.2, 0.25) is 5.02 Å². The smallest absolute Gasteiger partial charge is 0.233 e. The second-order valence-corrected chi connectivity index (χ2v) is 8.23. The second kappa shape index (κ2) is 6.80. The van der Waals surface area contributed by atoms with Gasteiger partial charge in [0.2, 0.25) is 5.91 Å². The Morgan fingerprint density at radius 3 is 2.93 bits per heavy atom. The van der Waals surface area contributed by atoms with Gasteiger partial charge >= 0.3 is 0 Å². The van der Waals surface area contributed by atoms with E-state index in [9.17, 15) is 10.1 Å². The van der Waals surface area contributed by atoms with Gasteiger partial charge in [0.1, 0.15) is 0 Å². The van der Waals surface area contributed by atoms with Crippen molar-refractivity contribution in [1.82, 2.24) is 4.98 Å². The number of nitrogens with zero attached hydrogens (tertiary/aromatic N) is 2. The Hall–Kier alpha value is -2.68. The molecule has 2 aromatic carbocycles. The van der Waals surface area contributed by atoms with Crippen molar-refractivity contribution in [2.75, 3.05) is 5.32 Å². The molecule has 0 radical (unpaired) electrons. The lowest BCUT2D eigenvalue weighted by Crippen LogP contribution is -2.37. The molecule has 0 bridgehead atoms. The van der Waals surface area contributed by atoms with Gasteiger partial charge in [-0.3, -0.25) is 4.79 Å². The molecule has 6 heteroatoms. The summed E-state index contributed by atoms with van der Waals surface area (Å²) in [6, 6.07) is 15.4. The number of hydrogen-bond acceptors (Lipinski definition) is 4. The van der Waals surface area contributed by atoms with Crippen molar-refractivity contribution in [2.45, 2.75) is 19.3 Å². The first-order valence-corrected chi connectivity index (χ1v) is 9.76. The molecule has 3 aromatic rings. The van der Waals surface area contributed by atoms with E-state index in [0.717, 1.165) is 16.7 Å². The van der Waals surface area contributed by atoms with E-state index in [1.165, 1.54) is 11.3 Å². The molecule has 27 heavy (non-hydrogen) atoms. The molecule has 134 valence electrons. The van der Waals surface area contributed by atoms with Gasteiger partial charge in [-0.25, -0.2) is 4.98 Å². The van der Waals surface area contributed by atoms with Crippen molar-refractivity contribution in [3.63, 3.8) is 0 Å². The van der Waals surface area contributed by atoms with Gasteiger partial charge in [0.15, 0.2) is 5.13 Å². The molecule has 4 rings (SSSR count). The first-order chi connectivity index (χ1) is 13.0. The van der Waals surface area contributed by atoms with Crippen LogP contribution >= 0.6 is 22.9 Å². The Morgan fingerprint density at radius 1 is 1.37 bits per heavy atom. The van der Waals surface area contributed by atoms with E-state index in [1.54, 1.807) is 12.3 Å². The van der Waals surface area contributed by atoms with Crippen molar-refractivity contribution < 1.29 is 4.79 Å². The zero-order valence-corrected chi connectivity index (χ0v) is 16.1. The maximum absolute atomic E-state index is 13.3. The van der Waals surface area contributed by atoms with Crippen LogP contribution in [0.5, 0.6) is 0 Å². The number of fused-ring (bicyclic) bond motifs is 1. The van der Waals surface area contributed by atoms with E-state index in [0.29, 0.717) is 22.1 Å². The number of carbonyl (C=O) groups is 1. The van der Waals surface area contributed by atoms with Crippen LogP contribution in [0.25, 0.3) is 0 Å². The lowest BCUT2D eigenvalue weighted by molar-refractivity contribution is -0.125. The van der Waals surface area contributed by atoms with Crippen molar-refractivity contribution in [2.24, 2.45) is 5.41 Å². The van der Waals surface area contributed by atoms with Crippen LogP contribution in [0.1, 0.15) is 35.1 Å². The maximum Gasteiger partial charge on any atom is 0.233 e. The van der Waals surface area contributed by atoms with Gasteiger partial charge in [0, 0.05) is 22.5 Å². The summed E-state index contributed by atoms with van der Waals surface area (Å²) < 4.78 is 0. The third kappa shape index (κ3) is 3.12. The van der Waals surface area contributed by atoms with Gasteiger partial charge in [-0.2, -0.15) is 5.26 Å². The fourth-order valence-corrected chi connectivity index (χ4v) is 4.63. The molecular weight excluding hydrogens is 378 g/mol. The topological polar surface area (TPSA) is 65.8 Å². The number of anilines is 1. The Morgan fingerprint density at radius 2 is 2.22 bits per heavy atom. The molecule has 0 aliphatic heterocycles. The summed E-state index contributed by atoms with van der Waals surface area (Å²) in [5, 5.41) is 15.3. The van der Waals surface area contributed by atoms with Crippen LogP contribution in [0.4, 0.5) is 5.13 Å². The molecule has 1 amide bonds. The summed E-state index contributed by atoms with van der Waals surface area (Å²) in [6.07, 6.45) is 2.25. The highest BCUT2D eigenvalue weighted by atomic mass is 35.5. The minimum absolute atomic E-state index is 0.0860. The zero-order valence-electron chi connectivity index (χ0n) is 14.6. The predicted octanol–water partition coefficient (Wildman–Crippen LogP) is 5.00. The van der Waals surface area contributed by atoms with Gasteiger partial charge < -0.3 is 5.32 Å². The van der Waals surface area contributed by atoms with Crippen molar-refractivity contribution >= 4 is 34.0 Å². The molecule has 4 nitrogen and oxygen atoms in total. The quantitative estimate of drug-likeness (QED) is 0.680. The third-order valence-electron chi connectivity index (χ3n) is 5.13. The summed E-state index contributed by atoms with van der Waals surface area (Å²) in [4.78, 5) is 17.5. The van der Waals surface area contributed by atoms with E-state index in [-0.39, 0.29) is 11.8 Å². The summed E-state index contributed by atoms with van der Waals surface area (Å²) >= 11 is 7.63. The Kier molecular flexibility index (Phi) is 4.47.